The maximum Gasteiger partial charge on any atom is 0.513 e. The van der Waals surface area contributed by atoms with Gasteiger partial charge in [-0.05, 0) is 64.2 Å². The second-order valence-corrected chi connectivity index (χ2v) is 12.6. The Morgan fingerprint density at radius 2 is 0.696 bits per heavy atom. The summed E-state index contributed by atoms with van der Waals surface area (Å²) in [5.41, 5.74) is 0. The summed E-state index contributed by atoms with van der Waals surface area (Å²) < 4.78 is 8.90. The number of rotatable bonds is 31. The molecule has 0 aromatic heterocycles. The summed E-state index contributed by atoms with van der Waals surface area (Å²) in [6, 6.07) is 0. The highest BCUT2D eigenvalue weighted by molar-refractivity contribution is 5.89. The van der Waals surface area contributed by atoms with Crippen LogP contribution in [-0.4, -0.2) is 34.5 Å². The zero-order valence-electron chi connectivity index (χ0n) is 29.2. The zero-order chi connectivity index (χ0) is 34.1. The number of carbonyl (C=O) groups is 4. The number of unbranched alkanes of at least 4 members (excludes halogenated alkanes) is 20. The maximum atomic E-state index is 12.7. The van der Waals surface area contributed by atoms with Gasteiger partial charge in [-0.3, -0.25) is 9.59 Å². The number of carbonyl (C=O) groups excluding carboxylic acids is 2. The van der Waals surface area contributed by atoms with Gasteiger partial charge in [-0.1, -0.05) is 141 Å². The molecule has 0 fully saturated rings. The molecule has 0 aliphatic carbocycles. The van der Waals surface area contributed by atoms with Crippen LogP contribution in [0.3, 0.4) is 0 Å². The monoisotopic (exact) mass is 650 g/mol. The fourth-order valence-corrected chi connectivity index (χ4v) is 5.81. The van der Waals surface area contributed by atoms with Crippen molar-refractivity contribution in [3.05, 3.63) is 24.3 Å². The first-order valence-electron chi connectivity index (χ1n) is 18.5. The van der Waals surface area contributed by atoms with Crippen LogP contribution in [0.5, 0.6) is 0 Å². The van der Waals surface area contributed by atoms with Crippen molar-refractivity contribution in [3.63, 3.8) is 0 Å². The molecule has 0 aliphatic rings. The van der Waals surface area contributed by atoms with Gasteiger partial charge in [0.2, 0.25) is 0 Å². The summed E-state index contributed by atoms with van der Waals surface area (Å²) in [7, 11) is 0. The molecule has 2 atom stereocenters. The van der Waals surface area contributed by atoms with Crippen LogP contribution in [0.4, 0.5) is 9.59 Å². The highest BCUT2D eigenvalue weighted by Crippen LogP contribution is 2.28. The lowest BCUT2D eigenvalue weighted by atomic mass is 9.83. The van der Waals surface area contributed by atoms with Gasteiger partial charge in [0.1, 0.15) is 0 Å². The fourth-order valence-electron chi connectivity index (χ4n) is 5.81. The Hall–Kier alpha value is -2.64. The topological polar surface area (TPSA) is 127 Å². The summed E-state index contributed by atoms with van der Waals surface area (Å²) in [5, 5.41) is 18.1. The van der Waals surface area contributed by atoms with E-state index in [0.29, 0.717) is 12.8 Å². The minimum absolute atomic E-state index is 0.239. The van der Waals surface area contributed by atoms with Gasteiger partial charge < -0.3 is 19.7 Å². The van der Waals surface area contributed by atoms with Gasteiger partial charge in [-0.2, -0.15) is 0 Å². The SMILES string of the molecule is CCCCCCCC/C=C\CCCCCCC(C(=O)OC(=O)O)C(CCCCCC/C=C\CCCCCCCC)C(=O)OC(=O)O. The van der Waals surface area contributed by atoms with Crippen LogP contribution in [0.25, 0.3) is 0 Å². The molecule has 266 valence electrons. The van der Waals surface area contributed by atoms with Gasteiger partial charge in [0.15, 0.2) is 0 Å². The molecule has 0 amide bonds. The Morgan fingerprint density at radius 1 is 0.435 bits per heavy atom. The third kappa shape index (κ3) is 27.7. The predicted molar refractivity (Wildman–Crippen MR) is 185 cm³/mol. The zero-order valence-corrected chi connectivity index (χ0v) is 29.2. The first kappa shape index (κ1) is 43.4. The lowest BCUT2D eigenvalue weighted by Gasteiger charge is -2.23. The first-order valence-corrected chi connectivity index (χ1v) is 18.5. The molecule has 8 nitrogen and oxygen atoms in total. The second kappa shape index (κ2) is 32.3. The highest BCUT2D eigenvalue weighted by atomic mass is 16.7. The first-order chi connectivity index (χ1) is 22.3. The number of carboxylic acid groups (broad SMARTS) is 2. The Balaban J connectivity index is 4.62. The number of ether oxygens (including phenoxy) is 2. The normalized spacial score (nSPS) is 12.8. The summed E-state index contributed by atoms with van der Waals surface area (Å²) in [4.78, 5) is 47.7. The summed E-state index contributed by atoms with van der Waals surface area (Å²) >= 11 is 0. The third-order valence-electron chi connectivity index (χ3n) is 8.52. The Labute approximate surface area is 279 Å². The van der Waals surface area contributed by atoms with E-state index >= 15 is 0 Å². The van der Waals surface area contributed by atoms with Crippen LogP contribution >= 0.6 is 0 Å². The van der Waals surface area contributed by atoms with Crippen LogP contribution in [0, 0.1) is 11.8 Å². The van der Waals surface area contributed by atoms with Crippen molar-refractivity contribution >= 4 is 24.2 Å². The van der Waals surface area contributed by atoms with Crippen LogP contribution in [0.15, 0.2) is 24.3 Å². The lowest BCUT2D eigenvalue weighted by molar-refractivity contribution is -0.156. The van der Waals surface area contributed by atoms with Crippen molar-refractivity contribution in [2.75, 3.05) is 0 Å². The minimum Gasteiger partial charge on any atom is -0.449 e. The smallest absolute Gasteiger partial charge is 0.449 e. The quantitative estimate of drug-likeness (QED) is 0.0328. The van der Waals surface area contributed by atoms with Crippen LogP contribution in [0.1, 0.15) is 181 Å². The van der Waals surface area contributed by atoms with E-state index in [-0.39, 0.29) is 12.8 Å². The van der Waals surface area contributed by atoms with Gasteiger partial charge >= 0.3 is 24.2 Å². The van der Waals surface area contributed by atoms with Crippen molar-refractivity contribution in [3.8, 4) is 0 Å². The molecule has 46 heavy (non-hydrogen) atoms. The Bertz CT molecular complexity index is 767. The van der Waals surface area contributed by atoms with E-state index in [2.05, 4.69) is 47.6 Å². The highest BCUT2D eigenvalue weighted by Gasteiger charge is 2.37. The molecule has 0 aromatic carbocycles. The van der Waals surface area contributed by atoms with Gasteiger partial charge in [0.25, 0.3) is 0 Å². The minimum atomic E-state index is -1.74. The Morgan fingerprint density at radius 3 is 0.978 bits per heavy atom. The van der Waals surface area contributed by atoms with Crippen molar-refractivity contribution in [1.82, 2.24) is 0 Å². The predicted octanol–water partition coefficient (Wildman–Crippen LogP) is 12.0. The van der Waals surface area contributed by atoms with Gasteiger partial charge in [0.05, 0.1) is 11.8 Å². The molecule has 2 unspecified atom stereocenters. The van der Waals surface area contributed by atoms with Gasteiger partial charge in [-0.15, -0.1) is 0 Å². The lowest BCUT2D eigenvalue weighted by Crippen LogP contribution is -2.34. The van der Waals surface area contributed by atoms with Gasteiger partial charge in [-0.25, -0.2) is 9.59 Å². The molecule has 0 radical (unpaired) electrons. The average molecular weight is 651 g/mol. The van der Waals surface area contributed by atoms with E-state index in [0.717, 1.165) is 64.2 Å². The van der Waals surface area contributed by atoms with Crippen LogP contribution in [0.2, 0.25) is 0 Å². The molecule has 2 N–H and O–H groups in total. The maximum absolute atomic E-state index is 12.7. The second-order valence-electron chi connectivity index (χ2n) is 12.6. The molecule has 0 saturated carbocycles. The van der Waals surface area contributed by atoms with Crippen molar-refractivity contribution < 1.29 is 38.9 Å². The molecule has 0 aliphatic heterocycles. The average Bonchev–Trinajstić information content (AvgIpc) is 3.01. The van der Waals surface area contributed by atoms with E-state index in [4.69, 9.17) is 10.2 Å². The summed E-state index contributed by atoms with van der Waals surface area (Å²) in [6.07, 6.45) is 32.4. The van der Waals surface area contributed by atoms with E-state index < -0.39 is 36.1 Å². The number of hydrogen-bond donors (Lipinski definition) is 2. The largest absolute Gasteiger partial charge is 0.513 e. The van der Waals surface area contributed by atoms with Crippen LogP contribution < -0.4 is 0 Å². The number of esters is 2. The molecular weight excluding hydrogens is 584 g/mol. The van der Waals surface area contributed by atoms with E-state index in [1.165, 1.54) is 77.0 Å². The van der Waals surface area contributed by atoms with E-state index in [9.17, 15) is 19.2 Å². The Kier molecular flexibility index (Phi) is 30.5. The van der Waals surface area contributed by atoms with E-state index in [1.54, 1.807) is 0 Å². The molecule has 8 heteroatoms. The molecule has 0 spiro atoms. The molecule has 0 bridgehead atoms. The molecule has 0 rings (SSSR count). The number of hydrogen-bond acceptors (Lipinski definition) is 6. The molecule has 0 aromatic rings. The van der Waals surface area contributed by atoms with E-state index in [1.807, 2.05) is 0 Å². The standard InChI is InChI=1S/C38H66O8/c1-3-5-7-9-11-13-15-17-19-21-23-25-27-29-31-33(35(39)45-37(41)42)34(36(40)46-38(43)44)32-30-28-26-24-22-20-18-16-14-12-10-8-6-4-2/h17-20,33-34H,3-16,21-32H2,1-2H3,(H,41,42)(H,43,44)/b19-17-,20-18-. The van der Waals surface area contributed by atoms with Crippen molar-refractivity contribution in [2.45, 2.75) is 181 Å². The summed E-state index contributed by atoms with van der Waals surface area (Å²) in [5.74, 6) is -4.17. The summed E-state index contributed by atoms with van der Waals surface area (Å²) in [6.45, 7) is 4.45. The number of allylic oxidation sites excluding steroid dienone is 4. The van der Waals surface area contributed by atoms with Crippen LogP contribution in [-0.2, 0) is 19.1 Å². The molecule has 0 saturated heterocycles. The van der Waals surface area contributed by atoms with Gasteiger partial charge in [0, 0.05) is 0 Å². The fraction of sp³-hybridized carbons (Fsp3) is 0.789. The van der Waals surface area contributed by atoms with Crippen molar-refractivity contribution in [2.24, 2.45) is 11.8 Å². The third-order valence-corrected chi connectivity index (χ3v) is 8.52. The van der Waals surface area contributed by atoms with Crippen molar-refractivity contribution in [1.29, 1.82) is 0 Å². The molecule has 0 heterocycles. The molecular formula is C38H66O8.